The molecule has 1 amide bonds. The maximum absolute atomic E-state index is 14.0. The molecule has 0 atom stereocenters. The Morgan fingerprint density at radius 2 is 1.91 bits per heavy atom. The molecule has 0 aliphatic carbocycles. The Morgan fingerprint density at radius 3 is 2.71 bits per heavy atom. The smallest absolute Gasteiger partial charge is 0.226 e. The number of pyridine rings is 1. The van der Waals surface area contributed by atoms with E-state index in [1.165, 1.54) is 12.3 Å². The van der Waals surface area contributed by atoms with Crippen LogP contribution in [0, 0.1) is 18.6 Å². The van der Waals surface area contributed by atoms with Crippen LogP contribution >= 0.6 is 0 Å². The quantitative estimate of drug-likeness (QED) is 0.348. The Balaban J connectivity index is 1.35. The monoisotopic (exact) mass is 458 g/mol. The minimum Gasteiger partial charge on any atom is -0.441 e. The molecule has 3 heterocycles. The number of nitrogens with zero attached hydrogens (tertiary/aromatic N) is 3. The summed E-state index contributed by atoms with van der Waals surface area (Å²) >= 11 is 0. The van der Waals surface area contributed by atoms with E-state index in [0.29, 0.717) is 11.5 Å². The van der Waals surface area contributed by atoms with Gasteiger partial charge in [-0.3, -0.25) is 9.20 Å². The van der Waals surface area contributed by atoms with Crippen LogP contribution in [0.25, 0.3) is 28.2 Å². The zero-order chi connectivity index (χ0) is 23.7. The molecule has 34 heavy (non-hydrogen) atoms. The maximum atomic E-state index is 14.0. The SMILES string of the molecule is Cc1cccn2c(NC(=O)CCc3ncc(-c4ccc(F)cc4F)o3)c(-c3ccccc3)nc12. The summed E-state index contributed by atoms with van der Waals surface area (Å²) in [5.74, 6) is -0.612. The fraction of sp³-hybridized carbons (Fsp3) is 0.115. The number of halogens is 2. The predicted octanol–water partition coefficient (Wildman–Crippen LogP) is 5.81. The number of aryl methyl sites for hydroxylation is 2. The number of benzene rings is 2. The Hall–Kier alpha value is -4.33. The minimum absolute atomic E-state index is 0.0964. The second-order valence-corrected chi connectivity index (χ2v) is 7.85. The topological polar surface area (TPSA) is 72.4 Å². The van der Waals surface area contributed by atoms with Gasteiger partial charge < -0.3 is 9.73 Å². The van der Waals surface area contributed by atoms with Gasteiger partial charge >= 0.3 is 0 Å². The molecule has 1 N–H and O–H groups in total. The zero-order valence-corrected chi connectivity index (χ0v) is 18.3. The van der Waals surface area contributed by atoms with Crippen LogP contribution in [0.15, 0.2) is 77.5 Å². The summed E-state index contributed by atoms with van der Waals surface area (Å²) in [6.45, 7) is 1.97. The van der Waals surface area contributed by atoms with E-state index >= 15 is 0 Å². The summed E-state index contributed by atoms with van der Waals surface area (Å²) in [7, 11) is 0. The van der Waals surface area contributed by atoms with Crippen molar-refractivity contribution in [1.29, 1.82) is 0 Å². The second kappa shape index (κ2) is 8.90. The standard InChI is InChI=1S/C26H20F2N4O2/c1-16-6-5-13-32-25(16)31-24(17-7-3-2-4-8-17)26(32)30-22(33)11-12-23-29-15-21(34-23)19-10-9-18(27)14-20(19)28/h2-10,13-15H,11-12H2,1H3,(H,30,33). The van der Waals surface area contributed by atoms with Gasteiger partial charge in [0.2, 0.25) is 5.91 Å². The molecule has 0 saturated heterocycles. The zero-order valence-electron chi connectivity index (χ0n) is 18.3. The molecule has 0 fully saturated rings. The van der Waals surface area contributed by atoms with E-state index in [0.717, 1.165) is 28.9 Å². The van der Waals surface area contributed by atoms with Crippen molar-refractivity contribution in [3.8, 4) is 22.6 Å². The lowest BCUT2D eigenvalue weighted by Crippen LogP contribution is -2.14. The van der Waals surface area contributed by atoms with Gasteiger partial charge in [-0.25, -0.2) is 18.7 Å². The van der Waals surface area contributed by atoms with Crippen LogP contribution in [0.4, 0.5) is 14.6 Å². The number of amides is 1. The van der Waals surface area contributed by atoms with Crippen LogP contribution < -0.4 is 5.32 Å². The molecule has 0 aliphatic heterocycles. The summed E-state index contributed by atoms with van der Waals surface area (Å²) in [5, 5.41) is 2.97. The fourth-order valence-electron chi connectivity index (χ4n) is 3.78. The van der Waals surface area contributed by atoms with E-state index in [2.05, 4.69) is 10.3 Å². The fourth-order valence-corrected chi connectivity index (χ4v) is 3.78. The van der Waals surface area contributed by atoms with Gasteiger partial charge in [-0.2, -0.15) is 0 Å². The second-order valence-electron chi connectivity index (χ2n) is 7.85. The molecule has 5 aromatic rings. The first-order chi connectivity index (χ1) is 16.5. The van der Waals surface area contributed by atoms with E-state index in [1.54, 1.807) is 0 Å². The van der Waals surface area contributed by atoms with E-state index in [1.807, 2.05) is 60.0 Å². The summed E-state index contributed by atoms with van der Waals surface area (Å²) in [5.41, 5.74) is 3.42. The van der Waals surface area contributed by atoms with Gasteiger partial charge in [-0.15, -0.1) is 0 Å². The number of rotatable bonds is 6. The number of hydrogen-bond donors (Lipinski definition) is 1. The Morgan fingerprint density at radius 1 is 1.09 bits per heavy atom. The maximum Gasteiger partial charge on any atom is 0.226 e. The number of anilines is 1. The normalized spacial score (nSPS) is 11.1. The highest BCUT2D eigenvalue weighted by atomic mass is 19.1. The molecule has 3 aromatic heterocycles. The summed E-state index contributed by atoms with van der Waals surface area (Å²) in [4.78, 5) is 21.7. The molecule has 170 valence electrons. The van der Waals surface area contributed by atoms with E-state index in [-0.39, 0.29) is 36.0 Å². The average molecular weight is 458 g/mol. The van der Waals surface area contributed by atoms with Crippen molar-refractivity contribution in [2.24, 2.45) is 0 Å². The van der Waals surface area contributed by atoms with Crippen molar-refractivity contribution in [2.45, 2.75) is 19.8 Å². The largest absolute Gasteiger partial charge is 0.441 e. The van der Waals surface area contributed by atoms with Crippen molar-refractivity contribution < 1.29 is 18.0 Å². The highest BCUT2D eigenvalue weighted by molar-refractivity contribution is 5.94. The Bertz CT molecular complexity index is 1490. The van der Waals surface area contributed by atoms with Crippen LogP contribution in [-0.2, 0) is 11.2 Å². The van der Waals surface area contributed by atoms with Gasteiger partial charge in [0.05, 0.1) is 11.8 Å². The highest BCUT2D eigenvalue weighted by Crippen LogP contribution is 2.30. The average Bonchev–Trinajstić information content (AvgIpc) is 3.44. The Kier molecular flexibility index (Phi) is 5.63. The molecule has 0 saturated carbocycles. The molecule has 0 aliphatic rings. The van der Waals surface area contributed by atoms with Crippen LogP contribution in [0.5, 0.6) is 0 Å². The third-order valence-electron chi connectivity index (χ3n) is 5.47. The number of carbonyl (C=O) groups excluding carboxylic acids is 1. The first kappa shape index (κ1) is 21.5. The third kappa shape index (κ3) is 4.17. The number of nitrogens with one attached hydrogen (secondary N) is 1. The highest BCUT2D eigenvalue weighted by Gasteiger charge is 2.18. The molecule has 0 bridgehead atoms. The lowest BCUT2D eigenvalue weighted by molar-refractivity contribution is -0.116. The van der Waals surface area contributed by atoms with Gasteiger partial charge in [0.25, 0.3) is 0 Å². The lowest BCUT2D eigenvalue weighted by Gasteiger charge is -2.08. The molecule has 5 rings (SSSR count). The van der Waals surface area contributed by atoms with Crippen molar-refractivity contribution in [2.75, 3.05) is 5.32 Å². The predicted molar refractivity (Wildman–Crippen MR) is 124 cm³/mol. The summed E-state index contributed by atoms with van der Waals surface area (Å²) < 4.78 is 34.6. The Labute approximate surface area is 193 Å². The first-order valence-electron chi connectivity index (χ1n) is 10.7. The molecule has 8 heteroatoms. The van der Waals surface area contributed by atoms with Gasteiger partial charge in [0, 0.05) is 30.7 Å². The summed E-state index contributed by atoms with van der Waals surface area (Å²) in [6, 6.07) is 16.7. The van der Waals surface area contributed by atoms with Crippen molar-refractivity contribution in [3.05, 3.63) is 96.1 Å². The van der Waals surface area contributed by atoms with Crippen molar-refractivity contribution in [3.63, 3.8) is 0 Å². The molecule has 0 spiro atoms. The van der Waals surface area contributed by atoms with E-state index < -0.39 is 11.6 Å². The van der Waals surface area contributed by atoms with Gasteiger partial charge in [-0.05, 0) is 30.7 Å². The van der Waals surface area contributed by atoms with E-state index in [4.69, 9.17) is 9.40 Å². The van der Waals surface area contributed by atoms with Crippen LogP contribution in [-0.4, -0.2) is 20.3 Å². The first-order valence-corrected chi connectivity index (χ1v) is 10.7. The van der Waals surface area contributed by atoms with Gasteiger partial charge in [0.1, 0.15) is 28.8 Å². The van der Waals surface area contributed by atoms with Gasteiger partial charge in [0.15, 0.2) is 11.7 Å². The van der Waals surface area contributed by atoms with Gasteiger partial charge in [-0.1, -0.05) is 36.4 Å². The molecule has 6 nitrogen and oxygen atoms in total. The van der Waals surface area contributed by atoms with Crippen molar-refractivity contribution in [1.82, 2.24) is 14.4 Å². The molecule has 0 radical (unpaired) electrons. The lowest BCUT2D eigenvalue weighted by atomic mass is 10.1. The molecule has 2 aromatic carbocycles. The number of aromatic nitrogens is 3. The molecule has 0 unspecified atom stereocenters. The minimum atomic E-state index is -0.739. The summed E-state index contributed by atoms with van der Waals surface area (Å²) in [6.07, 6.45) is 3.53. The number of fused-ring (bicyclic) bond motifs is 1. The molecular weight excluding hydrogens is 438 g/mol. The number of hydrogen-bond acceptors (Lipinski definition) is 4. The number of imidazole rings is 1. The third-order valence-corrected chi connectivity index (χ3v) is 5.47. The van der Waals surface area contributed by atoms with Crippen LogP contribution in [0.3, 0.4) is 0 Å². The number of oxazole rings is 1. The van der Waals surface area contributed by atoms with Crippen LogP contribution in [0.2, 0.25) is 0 Å². The van der Waals surface area contributed by atoms with Crippen molar-refractivity contribution >= 4 is 17.4 Å². The number of carbonyl (C=O) groups is 1. The molecular formula is C26H20F2N4O2. The van der Waals surface area contributed by atoms with Crippen LogP contribution in [0.1, 0.15) is 17.9 Å². The van der Waals surface area contributed by atoms with E-state index in [9.17, 15) is 13.6 Å².